The average Bonchev–Trinajstić information content (AvgIpc) is 2.73. The number of carbonyl (C=O) groups excluding carboxylic acids is 1. The van der Waals surface area contributed by atoms with E-state index in [-0.39, 0.29) is 5.25 Å². The molecule has 0 saturated carbocycles. The van der Waals surface area contributed by atoms with Gasteiger partial charge in [-0.25, -0.2) is 0 Å². The molecule has 1 aromatic rings. The van der Waals surface area contributed by atoms with Crippen LogP contribution >= 0.6 is 23.5 Å². The third-order valence-corrected chi connectivity index (χ3v) is 7.09. The molecule has 0 radical (unpaired) electrons. The van der Waals surface area contributed by atoms with E-state index in [1.54, 1.807) is 0 Å². The second-order valence-corrected chi connectivity index (χ2v) is 8.11. The number of carbonyl (C=O) groups is 1. The van der Waals surface area contributed by atoms with Crippen molar-refractivity contribution in [3.63, 3.8) is 0 Å². The Morgan fingerprint density at radius 3 is 2.79 bits per heavy atom. The maximum Gasteiger partial charge on any atom is 0.152 e. The fraction of sp³-hybridized carbons (Fsp3) is 0.714. The van der Waals surface area contributed by atoms with Crippen LogP contribution in [0.3, 0.4) is 0 Å². The monoisotopic (exact) mass is 298 g/mol. The van der Waals surface area contributed by atoms with Crippen LogP contribution in [0.25, 0.3) is 0 Å². The number of hydrogen-bond donors (Lipinski definition) is 0. The summed E-state index contributed by atoms with van der Waals surface area (Å²) in [6.07, 6.45) is 1.44. The van der Waals surface area contributed by atoms with Crippen LogP contribution in [0, 0.1) is 0 Å². The normalized spacial score (nSPS) is 27.5. The summed E-state index contributed by atoms with van der Waals surface area (Å²) in [4.78, 5) is 12.4. The van der Waals surface area contributed by atoms with Crippen LogP contribution in [0.15, 0.2) is 6.07 Å². The van der Waals surface area contributed by atoms with Gasteiger partial charge >= 0.3 is 0 Å². The lowest BCUT2D eigenvalue weighted by Crippen LogP contribution is -2.32. The molecule has 106 valence electrons. The van der Waals surface area contributed by atoms with Crippen molar-refractivity contribution in [2.75, 3.05) is 5.75 Å². The number of ketones is 1. The van der Waals surface area contributed by atoms with Gasteiger partial charge in [-0.3, -0.25) is 9.48 Å². The number of Topliss-reactive ketones (excluding diaryl/α,β-unsaturated/α-hetero) is 1. The molecule has 0 N–H and O–H groups in total. The Hall–Kier alpha value is -0.420. The Labute approximate surface area is 123 Å². The SMILES string of the molecule is CCc1cc(CC(=O)C2CSC(C)C(C)S2)n(C)n1. The second-order valence-electron chi connectivity index (χ2n) is 5.12. The molecule has 3 nitrogen and oxygen atoms in total. The first kappa shape index (κ1) is 15.0. The van der Waals surface area contributed by atoms with E-state index >= 15 is 0 Å². The Bertz CT molecular complexity index is 458. The first-order valence-corrected chi connectivity index (χ1v) is 8.82. The highest BCUT2D eigenvalue weighted by molar-refractivity contribution is 8.08. The summed E-state index contributed by atoms with van der Waals surface area (Å²) in [7, 11) is 1.93. The first-order valence-electron chi connectivity index (χ1n) is 6.82. The van der Waals surface area contributed by atoms with E-state index < -0.39 is 0 Å². The molecule has 0 aromatic carbocycles. The topological polar surface area (TPSA) is 34.9 Å². The van der Waals surface area contributed by atoms with Crippen LogP contribution in [-0.4, -0.2) is 37.1 Å². The zero-order valence-electron chi connectivity index (χ0n) is 12.0. The van der Waals surface area contributed by atoms with Crippen molar-refractivity contribution in [3.05, 3.63) is 17.5 Å². The molecule has 1 fully saturated rings. The first-order chi connectivity index (χ1) is 9.01. The standard InChI is InChI=1S/C14H22N2OS2/c1-5-11-6-12(16(4)15-11)7-13(17)14-8-18-9(2)10(3)19-14/h6,9-10,14H,5,7-8H2,1-4H3. The van der Waals surface area contributed by atoms with Crippen molar-refractivity contribution >= 4 is 29.3 Å². The lowest BCUT2D eigenvalue weighted by molar-refractivity contribution is -0.117. The van der Waals surface area contributed by atoms with Crippen LogP contribution < -0.4 is 0 Å². The van der Waals surface area contributed by atoms with Crippen LogP contribution in [0.2, 0.25) is 0 Å². The van der Waals surface area contributed by atoms with Gasteiger partial charge in [0.15, 0.2) is 5.78 Å². The molecular formula is C14H22N2OS2. The summed E-state index contributed by atoms with van der Waals surface area (Å²) < 4.78 is 1.85. The van der Waals surface area contributed by atoms with E-state index in [2.05, 4.69) is 31.9 Å². The summed E-state index contributed by atoms with van der Waals surface area (Å²) in [6.45, 7) is 6.56. The van der Waals surface area contributed by atoms with Crippen molar-refractivity contribution in [3.8, 4) is 0 Å². The Morgan fingerprint density at radius 1 is 1.47 bits per heavy atom. The van der Waals surface area contributed by atoms with Crippen molar-refractivity contribution in [1.82, 2.24) is 9.78 Å². The minimum absolute atomic E-state index is 0.149. The van der Waals surface area contributed by atoms with Crippen molar-refractivity contribution in [1.29, 1.82) is 0 Å². The van der Waals surface area contributed by atoms with Gasteiger partial charge in [0.2, 0.25) is 0 Å². The number of thioether (sulfide) groups is 2. The molecule has 0 spiro atoms. The predicted molar refractivity (Wildman–Crippen MR) is 84.1 cm³/mol. The Morgan fingerprint density at radius 2 is 2.21 bits per heavy atom. The summed E-state index contributed by atoms with van der Waals surface area (Å²) in [5, 5.41) is 5.77. The van der Waals surface area contributed by atoms with E-state index in [1.165, 1.54) is 0 Å². The molecular weight excluding hydrogens is 276 g/mol. The minimum Gasteiger partial charge on any atom is -0.298 e. The largest absolute Gasteiger partial charge is 0.298 e. The van der Waals surface area contributed by atoms with Gasteiger partial charge in [-0.05, 0) is 12.5 Å². The molecule has 3 unspecified atom stereocenters. The van der Waals surface area contributed by atoms with Crippen LogP contribution in [0.4, 0.5) is 0 Å². The van der Waals surface area contributed by atoms with Gasteiger partial charge in [0.25, 0.3) is 0 Å². The fourth-order valence-corrected chi connectivity index (χ4v) is 5.04. The van der Waals surface area contributed by atoms with Crippen LogP contribution in [0.5, 0.6) is 0 Å². The summed E-state index contributed by atoms with van der Waals surface area (Å²) in [5.41, 5.74) is 2.11. The van der Waals surface area contributed by atoms with Crippen LogP contribution in [0.1, 0.15) is 32.2 Å². The quantitative estimate of drug-likeness (QED) is 0.856. The highest BCUT2D eigenvalue weighted by Gasteiger charge is 2.30. The third kappa shape index (κ3) is 3.57. The Balaban J connectivity index is 1.99. The number of rotatable bonds is 4. The lowest BCUT2D eigenvalue weighted by atomic mass is 10.1. The van der Waals surface area contributed by atoms with E-state index in [9.17, 15) is 4.79 Å². The molecule has 5 heteroatoms. The van der Waals surface area contributed by atoms with Gasteiger partial charge in [-0.15, -0.1) is 11.8 Å². The highest BCUT2D eigenvalue weighted by Crippen LogP contribution is 2.36. The van der Waals surface area contributed by atoms with Gasteiger partial charge in [0.05, 0.1) is 10.9 Å². The molecule has 1 saturated heterocycles. The summed E-state index contributed by atoms with van der Waals surface area (Å²) in [5.74, 6) is 1.30. The zero-order valence-corrected chi connectivity index (χ0v) is 13.7. The maximum atomic E-state index is 12.4. The van der Waals surface area contributed by atoms with Gasteiger partial charge < -0.3 is 0 Å². The van der Waals surface area contributed by atoms with E-state index in [0.717, 1.165) is 23.6 Å². The molecule has 2 rings (SSSR count). The van der Waals surface area contributed by atoms with Gasteiger partial charge in [-0.1, -0.05) is 20.8 Å². The lowest BCUT2D eigenvalue weighted by Gasteiger charge is -2.30. The molecule has 0 bridgehead atoms. The minimum atomic E-state index is 0.149. The number of aromatic nitrogens is 2. The highest BCUT2D eigenvalue weighted by atomic mass is 32.2. The predicted octanol–water partition coefficient (Wildman–Crippen LogP) is 2.72. The smallest absolute Gasteiger partial charge is 0.152 e. The second kappa shape index (κ2) is 6.35. The summed E-state index contributed by atoms with van der Waals surface area (Å²) >= 11 is 3.76. The molecule has 0 amide bonds. The van der Waals surface area contributed by atoms with Gasteiger partial charge in [-0.2, -0.15) is 16.9 Å². The molecule has 0 aliphatic carbocycles. The van der Waals surface area contributed by atoms with E-state index in [1.807, 2.05) is 35.3 Å². The zero-order chi connectivity index (χ0) is 14.0. The average molecular weight is 298 g/mol. The fourth-order valence-electron chi connectivity index (χ4n) is 2.15. The van der Waals surface area contributed by atoms with E-state index in [0.29, 0.717) is 22.7 Å². The van der Waals surface area contributed by atoms with Gasteiger partial charge in [0, 0.05) is 35.4 Å². The van der Waals surface area contributed by atoms with E-state index in [4.69, 9.17) is 0 Å². The third-order valence-electron chi connectivity index (χ3n) is 3.65. The molecule has 19 heavy (non-hydrogen) atoms. The van der Waals surface area contributed by atoms with Crippen molar-refractivity contribution in [2.24, 2.45) is 7.05 Å². The van der Waals surface area contributed by atoms with Crippen molar-refractivity contribution < 1.29 is 4.79 Å². The number of hydrogen-bond acceptors (Lipinski definition) is 4. The Kier molecular flexibility index (Phi) is 5.01. The van der Waals surface area contributed by atoms with Gasteiger partial charge in [0.1, 0.15) is 0 Å². The summed E-state index contributed by atoms with van der Waals surface area (Å²) in [6, 6.07) is 2.06. The van der Waals surface area contributed by atoms with Crippen LogP contribution in [-0.2, 0) is 24.7 Å². The molecule has 1 aliphatic heterocycles. The molecule has 2 heterocycles. The number of aryl methyl sites for hydroxylation is 2. The molecule has 3 atom stereocenters. The molecule has 1 aromatic heterocycles. The van der Waals surface area contributed by atoms with Crippen molar-refractivity contribution in [2.45, 2.75) is 49.4 Å². The number of nitrogens with zero attached hydrogens (tertiary/aromatic N) is 2. The maximum absolute atomic E-state index is 12.4. The molecule has 1 aliphatic rings.